The average molecular weight is 301 g/mol. The van der Waals surface area contributed by atoms with Crippen molar-refractivity contribution in [3.8, 4) is 0 Å². The van der Waals surface area contributed by atoms with Crippen LogP contribution in [0.25, 0.3) is 0 Å². The monoisotopic (exact) mass is 301 g/mol. The van der Waals surface area contributed by atoms with E-state index in [0.29, 0.717) is 6.61 Å². The van der Waals surface area contributed by atoms with Crippen molar-refractivity contribution in [1.29, 1.82) is 0 Å². The van der Waals surface area contributed by atoms with Gasteiger partial charge in [0.2, 0.25) is 5.91 Å². The predicted molar refractivity (Wildman–Crippen MR) is 71.2 cm³/mol. The number of fused-ring (bicyclic) bond motifs is 1. The van der Waals surface area contributed by atoms with Crippen LogP contribution in [0.1, 0.15) is 34.6 Å². The zero-order valence-electron chi connectivity index (χ0n) is 13.0. The number of carbonyl (C=O) groups excluding carboxylic acids is 1. The third-order valence-corrected chi connectivity index (χ3v) is 3.85. The van der Waals surface area contributed by atoms with Gasteiger partial charge in [0.15, 0.2) is 17.9 Å². The van der Waals surface area contributed by atoms with Gasteiger partial charge >= 0.3 is 0 Å². The molecule has 0 saturated carbocycles. The highest BCUT2D eigenvalue weighted by Crippen LogP contribution is 2.40. The molecule has 21 heavy (non-hydrogen) atoms. The Labute approximate surface area is 124 Å². The Hall–Kier alpha value is -0.730. The van der Waals surface area contributed by atoms with Gasteiger partial charge in [-0.2, -0.15) is 0 Å². The minimum absolute atomic E-state index is 0.138. The summed E-state index contributed by atoms with van der Waals surface area (Å²) < 4.78 is 29.0. The highest BCUT2D eigenvalue weighted by atomic mass is 16.8. The summed E-state index contributed by atoms with van der Waals surface area (Å²) in [6, 6.07) is -0.322. The van der Waals surface area contributed by atoms with Crippen LogP contribution < -0.4 is 5.32 Å². The molecule has 0 aliphatic carbocycles. The van der Waals surface area contributed by atoms with Crippen molar-refractivity contribution in [3.05, 3.63) is 0 Å². The van der Waals surface area contributed by atoms with E-state index in [0.717, 1.165) is 0 Å². The Kier molecular flexibility index (Phi) is 3.53. The fraction of sp³-hybridized carbons (Fsp3) is 0.929. The fourth-order valence-electron chi connectivity index (χ4n) is 3.13. The number of ether oxygens (including phenoxy) is 5. The summed E-state index contributed by atoms with van der Waals surface area (Å²) in [7, 11) is 0. The Morgan fingerprint density at radius 3 is 2.33 bits per heavy atom. The average Bonchev–Trinajstić information content (AvgIpc) is 2.90. The Morgan fingerprint density at radius 2 is 1.76 bits per heavy atom. The molecular weight excluding hydrogens is 278 g/mol. The SMILES string of the molecule is CC(=O)N[C@@H]1[C@H]2OC(C)(C)O[C@@H]2O[C@@H]1[C@@H]1COC(C)(C)O1. The van der Waals surface area contributed by atoms with Gasteiger partial charge in [-0.1, -0.05) is 0 Å². The first kappa shape index (κ1) is 15.2. The number of hydrogen-bond donors (Lipinski definition) is 1. The molecule has 0 spiro atoms. The molecule has 5 atom stereocenters. The van der Waals surface area contributed by atoms with Crippen LogP contribution in [-0.2, 0) is 28.5 Å². The molecule has 0 aromatic carbocycles. The zero-order chi connectivity index (χ0) is 15.4. The van der Waals surface area contributed by atoms with Crippen molar-refractivity contribution >= 4 is 5.91 Å². The van der Waals surface area contributed by atoms with E-state index in [9.17, 15) is 4.79 Å². The molecule has 0 aromatic rings. The lowest BCUT2D eigenvalue weighted by Crippen LogP contribution is -2.52. The molecule has 120 valence electrons. The Bertz CT molecular complexity index is 437. The summed E-state index contributed by atoms with van der Waals surface area (Å²) in [4.78, 5) is 11.5. The number of amides is 1. The maximum Gasteiger partial charge on any atom is 0.217 e. The molecule has 3 rings (SSSR count). The van der Waals surface area contributed by atoms with Crippen molar-refractivity contribution in [1.82, 2.24) is 5.32 Å². The lowest BCUT2D eigenvalue weighted by molar-refractivity contribution is -0.223. The Balaban J connectivity index is 1.77. The van der Waals surface area contributed by atoms with Gasteiger partial charge in [0.05, 0.1) is 12.6 Å². The lowest BCUT2D eigenvalue weighted by atomic mass is 10.0. The normalized spacial score (nSPS) is 43.8. The third kappa shape index (κ3) is 2.93. The van der Waals surface area contributed by atoms with Gasteiger partial charge in [0.1, 0.15) is 18.3 Å². The van der Waals surface area contributed by atoms with E-state index >= 15 is 0 Å². The topological polar surface area (TPSA) is 75.3 Å². The second kappa shape index (κ2) is 4.89. The molecule has 1 amide bonds. The van der Waals surface area contributed by atoms with E-state index in [1.54, 1.807) is 0 Å². The first-order chi connectivity index (χ1) is 9.67. The zero-order valence-corrected chi connectivity index (χ0v) is 13.0. The van der Waals surface area contributed by atoms with Crippen LogP contribution in [0.4, 0.5) is 0 Å². The third-order valence-electron chi connectivity index (χ3n) is 3.85. The molecule has 7 nitrogen and oxygen atoms in total. The van der Waals surface area contributed by atoms with Crippen LogP contribution in [0, 0.1) is 0 Å². The number of rotatable bonds is 2. The van der Waals surface area contributed by atoms with Gasteiger partial charge in [0, 0.05) is 6.92 Å². The minimum Gasteiger partial charge on any atom is -0.348 e. The molecule has 0 bridgehead atoms. The molecule has 3 fully saturated rings. The summed E-state index contributed by atoms with van der Waals surface area (Å²) >= 11 is 0. The quantitative estimate of drug-likeness (QED) is 0.801. The van der Waals surface area contributed by atoms with Crippen molar-refractivity contribution in [2.24, 2.45) is 0 Å². The second-order valence-corrected chi connectivity index (χ2v) is 6.66. The van der Waals surface area contributed by atoms with Crippen LogP contribution in [0.5, 0.6) is 0 Å². The molecule has 0 radical (unpaired) electrons. The first-order valence-corrected chi connectivity index (χ1v) is 7.27. The standard InChI is InChI=1S/C14H23NO6/c1-7(16)15-9-10(8-6-17-13(2,3)19-8)18-12-11(9)20-14(4,5)21-12/h8-12H,6H2,1-5H3,(H,15,16)/t8-,9-,10+,11+,12-/m0/s1. The predicted octanol–water partition coefficient (Wildman–Crippen LogP) is 0.519. The smallest absolute Gasteiger partial charge is 0.217 e. The molecule has 3 aliphatic heterocycles. The molecule has 7 heteroatoms. The lowest BCUT2D eigenvalue weighted by Gasteiger charge is -2.29. The maximum absolute atomic E-state index is 11.5. The molecule has 3 saturated heterocycles. The number of carbonyl (C=O) groups is 1. The van der Waals surface area contributed by atoms with Gasteiger partial charge in [0.25, 0.3) is 0 Å². The number of nitrogens with one attached hydrogen (secondary N) is 1. The summed E-state index contributed by atoms with van der Waals surface area (Å²) in [5.74, 6) is -1.50. The van der Waals surface area contributed by atoms with Gasteiger partial charge in [-0.25, -0.2) is 0 Å². The van der Waals surface area contributed by atoms with Crippen molar-refractivity contribution in [2.75, 3.05) is 6.61 Å². The Morgan fingerprint density at radius 1 is 1.05 bits per heavy atom. The number of hydrogen-bond acceptors (Lipinski definition) is 6. The summed E-state index contributed by atoms with van der Waals surface area (Å²) in [5, 5.41) is 2.90. The van der Waals surface area contributed by atoms with E-state index in [2.05, 4.69) is 5.32 Å². The maximum atomic E-state index is 11.5. The van der Waals surface area contributed by atoms with E-state index in [1.165, 1.54) is 6.92 Å². The minimum atomic E-state index is -0.719. The van der Waals surface area contributed by atoms with Crippen molar-refractivity contribution in [3.63, 3.8) is 0 Å². The highest BCUT2D eigenvalue weighted by molar-refractivity contribution is 5.73. The summed E-state index contributed by atoms with van der Waals surface area (Å²) in [6.45, 7) is 9.25. The highest BCUT2D eigenvalue weighted by Gasteiger charge is 2.58. The first-order valence-electron chi connectivity index (χ1n) is 7.27. The molecular formula is C14H23NO6. The van der Waals surface area contributed by atoms with Gasteiger partial charge in [-0.05, 0) is 27.7 Å². The van der Waals surface area contributed by atoms with Crippen LogP contribution in [-0.4, -0.2) is 54.7 Å². The molecule has 3 heterocycles. The molecule has 0 aromatic heterocycles. The van der Waals surface area contributed by atoms with E-state index < -0.39 is 17.9 Å². The summed E-state index contributed by atoms with van der Waals surface area (Å²) in [6.07, 6.45) is -1.48. The molecule has 0 unspecified atom stereocenters. The molecule has 1 N–H and O–H groups in total. The van der Waals surface area contributed by atoms with Crippen LogP contribution >= 0.6 is 0 Å². The van der Waals surface area contributed by atoms with Gasteiger partial charge < -0.3 is 29.0 Å². The van der Waals surface area contributed by atoms with E-state index in [-0.39, 0.29) is 30.3 Å². The van der Waals surface area contributed by atoms with Crippen molar-refractivity contribution in [2.45, 2.75) is 76.8 Å². The molecule has 3 aliphatic rings. The summed E-state index contributed by atoms with van der Waals surface area (Å²) in [5.41, 5.74) is 0. The second-order valence-electron chi connectivity index (χ2n) is 6.66. The van der Waals surface area contributed by atoms with Crippen LogP contribution in [0.3, 0.4) is 0 Å². The van der Waals surface area contributed by atoms with Crippen LogP contribution in [0.15, 0.2) is 0 Å². The van der Waals surface area contributed by atoms with Crippen LogP contribution in [0.2, 0.25) is 0 Å². The van der Waals surface area contributed by atoms with Gasteiger partial charge in [-0.3, -0.25) is 4.79 Å². The largest absolute Gasteiger partial charge is 0.348 e. The van der Waals surface area contributed by atoms with E-state index in [1.807, 2.05) is 27.7 Å². The van der Waals surface area contributed by atoms with Gasteiger partial charge in [-0.15, -0.1) is 0 Å². The van der Waals surface area contributed by atoms with Crippen molar-refractivity contribution < 1.29 is 28.5 Å². The fourth-order valence-corrected chi connectivity index (χ4v) is 3.13. The van der Waals surface area contributed by atoms with E-state index in [4.69, 9.17) is 23.7 Å².